The molecule has 8 heteroatoms. The van der Waals surface area contributed by atoms with Crippen molar-refractivity contribution in [2.24, 2.45) is 11.8 Å². The fourth-order valence-corrected chi connectivity index (χ4v) is 4.23. The number of carbonyl (C=O) groups is 4. The van der Waals surface area contributed by atoms with Crippen LogP contribution >= 0.6 is 0 Å². The van der Waals surface area contributed by atoms with E-state index in [1.165, 1.54) is 14.0 Å². The maximum Gasteiger partial charge on any atom is 0.407 e. The zero-order chi connectivity index (χ0) is 23.3. The third-order valence-electron chi connectivity index (χ3n) is 5.81. The molecule has 176 valence electrons. The number of carbonyl (C=O) groups excluding carboxylic acids is 4. The average molecular weight is 448 g/mol. The lowest BCUT2D eigenvalue weighted by atomic mass is 9.89. The second-order valence-corrected chi connectivity index (χ2v) is 8.10. The molecule has 4 unspecified atom stereocenters. The van der Waals surface area contributed by atoms with Crippen molar-refractivity contribution >= 4 is 24.3 Å². The molecule has 1 fully saturated rings. The molecular formula is C24H33NO7. The molecule has 1 amide bonds. The van der Waals surface area contributed by atoms with E-state index in [2.05, 4.69) is 10.1 Å². The first-order valence-electron chi connectivity index (χ1n) is 11.1. The molecule has 1 aromatic rings. The molecule has 1 aliphatic rings. The molecule has 2 rings (SSSR count). The Hall–Kier alpha value is -2.90. The first-order valence-corrected chi connectivity index (χ1v) is 11.1. The van der Waals surface area contributed by atoms with E-state index in [1.54, 1.807) is 0 Å². The minimum absolute atomic E-state index is 0.132. The van der Waals surface area contributed by atoms with E-state index in [4.69, 9.17) is 9.47 Å². The van der Waals surface area contributed by atoms with Crippen LogP contribution in [0, 0.1) is 11.8 Å². The van der Waals surface area contributed by atoms with Gasteiger partial charge in [0.05, 0.1) is 7.11 Å². The van der Waals surface area contributed by atoms with Gasteiger partial charge in [-0.15, -0.1) is 0 Å². The van der Waals surface area contributed by atoms with Crippen molar-refractivity contribution in [1.82, 2.24) is 5.32 Å². The predicted octanol–water partition coefficient (Wildman–Crippen LogP) is 3.56. The van der Waals surface area contributed by atoms with Crippen LogP contribution in [-0.4, -0.2) is 43.6 Å². The molecule has 4 atom stereocenters. The Balaban J connectivity index is 1.87. The van der Waals surface area contributed by atoms with E-state index in [0.29, 0.717) is 19.3 Å². The molecule has 32 heavy (non-hydrogen) atoms. The number of ether oxygens (including phenoxy) is 3. The second kappa shape index (κ2) is 13.5. The molecule has 8 nitrogen and oxygen atoms in total. The number of methoxy groups -OCH3 is 1. The third-order valence-corrected chi connectivity index (χ3v) is 5.81. The van der Waals surface area contributed by atoms with Gasteiger partial charge in [0.2, 0.25) is 0 Å². The highest BCUT2D eigenvalue weighted by molar-refractivity contribution is 5.70. The van der Waals surface area contributed by atoms with E-state index in [0.717, 1.165) is 37.5 Å². The largest absolute Gasteiger partial charge is 0.469 e. The lowest BCUT2D eigenvalue weighted by Gasteiger charge is -2.22. The Labute approximate surface area is 189 Å². The molecule has 1 N–H and O–H groups in total. The summed E-state index contributed by atoms with van der Waals surface area (Å²) in [6.07, 6.45) is 4.61. The Kier molecular flexibility index (Phi) is 10.7. The highest BCUT2D eigenvalue weighted by Crippen LogP contribution is 2.37. The fraction of sp³-hybridized carbons (Fsp3) is 0.583. The van der Waals surface area contributed by atoms with Gasteiger partial charge in [0.15, 0.2) is 0 Å². The van der Waals surface area contributed by atoms with Gasteiger partial charge in [-0.2, -0.15) is 0 Å². The Morgan fingerprint density at radius 2 is 1.81 bits per heavy atom. The van der Waals surface area contributed by atoms with E-state index < -0.39 is 30.1 Å². The molecule has 0 aliphatic heterocycles. The Morgan fingerprint density at radius 3 is 2.47 bits per heavy atom. The van der Waals surface area contributed by atoms with Crippen LogP contribution in [0.1, 0.15) is 57.4 Å². The molecule has 1 aromatic carbocycles. The van der Waals surface area contributed by atoms with E-state index in [9.17, 15) is 19.2 Å². The highest BCUT2D eigenvalue weighted by Gasteiger charge is 2.45. The Bertz CT molecular complexity index is 752. The minimum atomic E-state index is -0.601. The van der Waals surface area contributed by atoms with Crippen molar-refractivity contribution in [1.29, 1.82) is 0 Å². The van der Waals surface area contributed by atoms with Gasteiger partial charge in [-0.05, 0) is 18.4 Å². The molecule has 0 bridgehead atoms. The number of aldehydes is 1. The maximum absolute atomic E-state index is 12.3. The van der Waals surface area contributed by atoms with Gasteiger partial charge in [0.1, 0.15) is 19.0 Å². The van der Waals surface area contributed by atoms with Crippen LogP contribution in [0.3, 0.4) is 0 Å². The number of amides is 1. The zero-order valence-corrected chi connectivity index (χ0v) is 18.8. The first kappa shape index (κ1) is 25.4. The number of benzene rings is 1. The summed E-state index contributed by atoms with van der Waals surface area (Å²) in [5.41, 5.74) is 0.865. The van der Waals surface area contributed by atoms with Crippen molar-refractivity contribution in [2.75, 3.05) is 7.11 Å². The lowest BCUT2D eigenvalue weighted by Crippen LogP contribution is -2.39. The molecular weight excluding hydrogens is 414 g/mol. The van der Waals surface area contributed by atoms with Crippen LogP contribution in [-0.2, 0) is 35.2 Å². The van der Waals surface area contributed by atoms with E-state index in [-0.39, 0.29) is 18.5 Å². The van der Waals surface area contributed by atoms with Gasteiger partial charge in [0.25, 0.3) is 0 Å². The van der Waals surface area contributed by atoms with Crippen LogP contribution in [0.25, 0.3) is 0 Å². The van der Waals surface area contributed by atoms with Crippen molar-refractivity contribution in [3.8, 4) is 0 Å². The smallest absolute Gasteiger partial charge is 0.407 e. The minimum Gasteiger partial charge on any atom is -0.469 e. The van der Waals surface area contributed by atoms with Gasteiger partial charge < -0.3 is 24.3 Å². The Morgan fingerprint density at radius 1 is 1.09 bits per heavy atom. The molecule has 1 aliphatic carbocycles. The summed E-state index contributed by atoms with van der Waals surface area (Å²) >= 11 is 0. The van der Waals surface area contributed by atoms with Gasteiger partial charge in [-0.1, -0.05) is 49.6 Å². The maximum atomic E-state index is 12.3. The summed E-state index contributed by atoms with van der Waals surface area (Å²) in [5, 5.41) is 2.78. The number of rotatable bonds is 12. The number of hydrogen-bond donors (Lipinski definition) is 1. The van der Waals surface area contributed by atoms with Gasteiger partial charge in [0, 0.05) is 37.6 Å². The predicted molar refractivity (Wildman–Crippen MR) is 116 cm³/mol. The third kappa shape index (κ3) is 8.32. The van der Waals surface area contributed by atoms with E-state index in [1.807, 2.05) is 30.3 Å². The summed E-state index contributed by atoms with van der Waals surface area (Å²) in [6, 6.07) is 8.86. The molecule has 1 saturated carbocycles. The van der Waals surface area contributed by atoms with Crippen LogP contribution < -0.4 is 5.32 Å². The quantitative estimate of drug-likeness (QED) is 0.226. The standard InChI is InChI=1S/C24H33NO7/c1-17(27)32-22-14-21(25-24(29)31-16-18-10-6-5-7-11-18)20(15-26)19(22)12-8-3-4-9-13-23(28)30-2/h5-7,10-11,15,19-22H,3-4,8-9,12-14,16H2,1-2H3,(H,25,29). The van der Waals surface area contributed by atoms with Gasteiger partial charge in [-0.3, -0.25) is 9.59 Å². The summed E-state index contributed by atoms with van der Waals surface area (Å²) in [4.78, 5) is 46.9. The first-order chi connectivity index (χ1) is 15.4. The van der Waals surface area contributed by atoms with Crippen molar-refractivity contribution < 1.29 is 33.4 Å². The van der Waals surface area contributed by atoms with Crippen molar-refractivity contribution in [3.63, 3.8) is 0 Å². The number of alkyl carbamates (subject to hydrolysis) is 1. The fourth-order valence-electron chi connectivity index (χ4n) is 4.23. The van der Waals surface area contributed by atoms with Crippen molar-refractivity contribution in [2.45, 2.75) is 70.6 Å². The molecule has 0 aromatic heterocycles. The highest BCUT2D eigenvalue weighted by atomic mass is 16.6. The monoisotopic (exact) mass is 447 g/mol. The van der Waals surface area contributed by atoms with Gasteiger partial charge >= 0.3 is 18.0 Å². The topological polar surface area (TPSA) is 108 Å². The number of esters is 2. The second-order valence-electron chi connectivity index (χ2n) is 8.10. The average Bonchev–Trinajstić information content (AvgIpc) is 3.09. The van der Waals surface area contributed by atoms with Crippen LogP contribution in [0.15, 0.2) is 30.3 Å². The molecule has 0 saturated heterocycles. The molecule has 0 spiro atoms. The van der Waals surface area contributed by atoms with Gasteiger partial charge in [-0.25, -0.2) is 4.79 Å². The van der Waals surface area contributed by atoms with Crippen LogP contribution in [0.2, 0.25) is 0 Å². The zero-order valence-electron chi connectivity index (χ0n) is 18.8. The number of unbranched alkanes of at least 4 members (excludes halogenated alkanes) is 3. The lowest BCUT2D eigenvalue weighted by molar-refractivity contribution is -0.149. The van der Waals surface area contributed by atoms with E-state index >= 15 is 0 Å². The summed E-state index contributed by atoms with van der Waals surface area (Å²) in [7, 11) is 1.37. The number of nitrogens with one attached hydrogen (secondary N) is 1. The van der Waals surface area contributed by atoms with Crippen molar-refractivity contribution in [3.05, 3.63) is 35.9 Å². The van der Waals surface area contributed by atoms with Crippen LogP contribution in [0.5, 0.6) is 0 Å². The molecule has 0 heterocycles. The summed E-state index contributed by atoms with van der Waals surface area (Å²) in [6.45, 7) is 1.47. The SMILES string of the molecule is COC(=O)CCCCCCC1C(OC(C)=O)CC(NC(=O)OCc2ccccc2)C1C=O. The summed E-state index contributed by atoms with van der Waals surface area (Å²) < 4.78 is 15.4. The number of hydrogen-bond acceptors (Lipinski definition) is 7. The molecule has 0 radical (unpaired) electrons. The summed E-state index contributed by atoms with van der Waals surface area (Å²) in [5.74, 6) is -1.25. The normalized spacial score (nSPS) is 22.1. The van der Waals surface area contributed by atoms with Crippen LogP contribution in [0.4, 0.5) is 4.79 Å².